The number of ether oxygens (including phenoxy) is 2. The quantitative estimate of drug-likeness (QED) is 0.816. The highest BCUT2D eigenvalue weighted by atomic mass is 19.4. The summed E-state index contributed by atoms with van der Waals surface area (Å²) >= 11 is 0. The van der Waals surface area contributed by atoms with E-state index in [1.807, 2.05) is 0 Å². The van der Waals surface area contributed by atoms with Crippen molar-refractivity contribution in [3.8, 4) is 11.5 Å². The highest BCUT2D eigenvalue weighted by molar-refractivity contribution is 5.36. The fourth-order valence-electron chi connectivity index (χ4n) is 1.13. The van der Waals surface area contributed by atoms with Crippen LogP contribution in [0.2, 0.25) is 0 Å². The SMILES string of the molecule is Cc1cc(O)cc(OCCOC(F)(F)F)c1. The molecule has 6 heteroatoms. The van der Waals surface area contributed by atoms with Gasteiger partial charge in [0.25, 0.3) is 0 Å². The zero-order valence-electron chi connectivity index (χ0n) is 8.54. The Kier molecular flexibility index (Phi) is 4.00. The van der Waals surface area contributed by atoms with E-state index in [0.29, 0.717) is 5.75 Å². The second-order valence-electron chi connectivity index (χ2n) is 3.15. The number of phenols is 1. The maximum absolute atomic E-state index is 11.6. The van der Waals surface area contributed by atoms with E-state index < -0.39 is 13.0 Å². The lowest BCUT2D eigenvalue weighted by molar-refractivity contribution is -0.325. The summed E-state index contributed by atoms with van der Waals surface area (Å²) in [6.45, 7) is 0.916. The van der Waals surface area contributed by atoms with Gasteiger partial charge in [-0.25, -0.2) is 0 Å². The Morgan fingerprint density at radius 1 is 1.19 bits per heavy atom. The fraction of sp³-hybridized carbons (Fsp3) is 0.400. The molecule has 1 aromatic carbocycles. The van der Waals surface area contributed by atoms with Crippen LogP contribution in [0.4, 0.5) is 13.2 Å². The van der Waals surface area contributed by atoms with Gasteiger partial charge in [-0.2, -0.15) is 0 Å². The number of hydrogen-bond acceptors (Lipinski definition) is 3. The van der Waals surface area contributed by atoms with E-state index in [4.69, 9.17) is 4.74 Å². The minimum Gasteiger partial charge on any atom is -0.508 e. The first-order valence-corrected chi connectivity index (χ1v) is 4.51. The van der Waals surface area contributed by atoms with E-state index >= 15 is 0 Å². The van der Waals surface area contributed by atoms with E-state index in [9.17, 15) is 18.3 Å². The first-order chi connectivity index (χ1) is 7.37. The van der Waals surface area contributed by atoms with Crippen molar-refractivity contribution in [3.63, 3.8) is 0 Å². The molecule has 0 atom stereocenters. The number of aryl methyl sites for hydroxylation is 1. The van der Waals surface area contributed by atoms with Gasteiger partial charge < -0.3 is 9.84 Å². The molecule has 0 amide bonds. The van der Waals surface area contributed by atoms with Crippen molar-refractivity contribution < 1.29 is 27.8 Å². The van der Waals surface area contributed by atoms with Gasteiger partial charge >= 0.3 is 6.36 Å². The van der Waals surface area contributed by atoms with Crippen molar-refractivity contribution in [2.45, 2.75) is 13.3 Å². The van der Waals surface area contributed by atoms with Crippen molar-refractivity contribution in [1.29, 1.82) is 0 Å². The normalized spacial score (nSPS) is 11.5. The molecule has 0 aliphatic carbocycles. The Morgan fingerprint density at radius 2 is 1.88 bits per heavy atom. The van der Waals surface area contributed by atoms with Crippen LogP contribution in [0.25, 0.3) is 0 Å². The average Bonchev–Trinajstić information content (AvgIpc) is 2.09. The van der Waals surface area contributed by atoms with Crippen molar-refractivity contribution in [2.24, 2.45) is 0 Å². The summed E-state index contributed by atoms with van der Waals surface area (Å²) < 4.78 is 43.3. The Labute approximate surface area is 90.4 Å². The third-order valence-corrected chi connectivity index (χ3v) is 1.65. The number of benzene rings is 1. The van der Waals surface area contributed by atoms with E-state index in [1.165, 1.54) is 12.1 Å². The van der Waals surface area contributed by atoms with Crippen LogP contribution in [0.1, 0.15) is 5.56 Å². The number of aromatic hydroxyl groups is 1. The molecular formula is C10H11F3O3. The van der Waals surface area contributed by atoms with Crippen LogP contribution in [0, 0.1) is 6.92 Å². The number of rotatable bonds is 4. The first-order valence-electron chi connectivity index (χ1n) is 4.51. The minimum atomic E-state index is -4.64. The molecule has 0 radical (unpaired) electrons. The maximum Gasteiger partial charge on any atom is 0.522 e. The summed E-state index contributed by atoms with van der Waals surface area (Å²) in [5.41, 5.74) is 0.756. The Balaban J connectivity index is 2.37. The lowest BCUT2D eigenvalue weighted by Gasteiger charge is -2.09. The lowest BCUT2D eigenvalue weighted by atomic mass is 10.2. The second-order valence-corrected chi connectivity index (χ2v) is 3.15. The van der Waals surface area contributed by atoms with E-state index in [1.54, 1.807) is 13.0 Å². The molecule has 16 heavy (non-hydrogen) atoms. The Bertz CT molecular complexity index is 329. The number of halogens is 3. The van der Waals surface area contributed by atoms with Gasteiger partial charge in [-0.05, 0) is 24.6 Å². The summed E-state index contributed by atoms with van der Waals surface area (Å²) in [6.07, 6.45) is -4.64. The van der Waals surface area contributed by atoms with Crippen LogP contribution in [-0.2, 0) is 4.74 Å². The predicted molar refractivity (Wildman–Crippen MR) is 50.3 cm³/mol. The molecule has 0 saturated heterocycles. The third kappa shape index (κ3) is 4.88. The molecule has 90 valence electrons. The lowest BCUT2D eigenvalue weighted by Crippen LogP contribution is -2.18. The predicted octanol–water partition coefficient (Wildman–Crippen LogP) is 2.62. The number of alkyl halides is 3. The summed E-state index contributed by atoms with van der Waals surface area (Å²) in [6, 6.07) is 4.44. The number of hydrogen-bond donors (Lipinski definition) is 1. The zero-order chi connectivity index (χ0) is 12.2. The second kappa shape index (κ2) is 5.07. The van der Waals surface area contributed by atoms with Gasteiger partial charge in [0.15, 0.2) is 0 Å². The zero-order valence-corrected chi connectivity index (χ0v) is 8.54. The maximum atomic E-state index is 11.6. The summed E-state index contributed by atoms with van der Waals surface area (Å²) in [7, 11) is 0. The number of phenolic OH excluding ortho intramolecular Hbond substituents is 1. The molecule has 0 saturated carbocycles. The van der Waals surface area contributed by atoms with Crippen molar-refractivity contribution in [2.75, 3.05) is 13.2 Å². The van der Waals surface area contributed by atoms with Crippen molar-refractivity contribution in [3.05, 3.63) is 23.8 Å². The molecule has 0 aliphatic rings. The molecule has 1 rings (SSSR count). The van der Waals surface area contributed by atoms with Gasteiger partial charge in [0.1, 0.15) is 18.1 Å². The van der Waals surface area contributed by atoms with E-state index in [2.05, 4.69) is 4.74 Å². The van der Waals surface area contributed by atoms with Gasteiger partial charge in [-0.1, -0.05) is 0 Å². The van der Waals surface area contributed by atoms with Crippen LogP contribution in [0.15, 0.2) is 18.2 Å². The Morgan fingerprint density at radius 3 is 2.44 bits per heavy atom. The van der Waals surface area contributed by atoms with Crippen molar-refractivity contribution in [1.82, 2.24) is 0 Å². The molecule has 0 unspecified atom stereocenters. The van der Waals surface area contributed by atoms with Gasteiger partial charge in [-0.3, -0.25) is 4.74 Å². The highest BCUT2D eigenvalue weighted by Gasteiger charge is 2.28. The minimum absolute atomic E-state index is 0.00624. The molecule has 1 N–H and O–H groups in total. The molecule has 1 aromatic rings. The molecule has 0 spiro atoms. The van der Waals surface area contributed by atoms with Crippen LogP contribution in [-0.4, -0.2) is 24.7 Å². The molecular weight excluding hydrogens is 225 g/mol. The standard InChI is InChI=1S/C10H11F3O3/c1-7-4-8(14)6-9(5-7)15-2-3-16-10(11,12)13/h4-6,14H,2-3H2,1H3. The molecule has 0 aliphatic heterocycles. The molecule has 3 nitrogen and oxygen atoms in total. The molecule has 0 aromatic heterocycles. The monoisotopic (exact) mass is 236 g/mol. The molecule has 0 heterocycles. The van der Waals surface area contributed by atoms with Crippen LogP contribution in [0.3, 0.4) is 0 Å². The van der Waals surface area contributed by atoms with Crippen LogP contribution < -0.4 is 4.74 Å². The van der Waals surface area contributed by atoms with Crippen LogP contribution >= 0.6 is 0 Å². The summed E-state index contributed by atoms with van der Waals surface area (Å²) in [5, 5.41) is 9.19. The molecule has 0 fully saturated rings. The van der Waals surface area contributed by atoms with E-state index in [-0.39, 0.29) is 12.4 Å². The topological polar surface area (TPSA) is 38.7 Å². The fourth-order valence-corrected chi connectivity index (χ4v) is 1.13. The third-order valence-electron chi connectivity index (χ3n) is 1.65. The Hall–Kier alpha value is -1.43. The van der Waals surface area contributed by atoms with Crippen LogP contribution in [0.5, 0.6) is 11.5 Å². The molecule has 0 bridgehead atoms. The smallest absolute Gasteiger partial charge is 0.508 e. The highest BCUT2D eigenvalue weighted by Crippen LogP contribution is 2.21. The summed E-state index contributed by atoms with van der Waals surface area (Å²) in [5.74, 6) is 0.315. The summed E-state index contributed by atoms with van der Waals surface area (Å²) in [4.78, 5) is 0. The largest absolute Gasteiger partial charge is 0.522 e. The first kappa shape index (κ1) is 12.6. The average molecular weight is 236 g/mol. The van der Waals surface area contributed by atoms with Gasteiger partial charge in [0, 0.05) is 6.07 Å². The van der Waals surface area contributed by atoms with E-state index in [0.717, 1.165) is 5.56 Å². The van der Waals surface area contributed by atoms with Gasteiger partial charge in [0.2, 0.25) is 0 Å². The van der Waals surface area contributed by atoms with Gasteiger partial charge in [-0.15, -0.1) is 13.2 Å². The van der Waals surface area contributed by atoms with Crippen molar-refractivity contribution >= 4 is 0 Å². The van der Waals surface area contributed by atoms with Gasteiger partial charge in [0.05, 0.1) is 6.61 Å².